The molecule has 0 radical (unpaired) electrons. The number of nitrogens with zero attached hydrogens (tertiary/aromatic N) is 3. The Balaban J connectivity index is 2.30. The lowest BCUT2D eigenvalue weighted by Gasteiger charge is -1.97. The Morgan fingerprint density at radius 3 is 2.71 bits per heavy atom. The van der Waals surface area contributed by atoms with E-state index in [4.69, 9.17) is 11.6 Å². The van der Waals surface area contributed by atoms with Crippen LogP contribution in [0.15, 0.2) is 48.8 Å². The molecule has 0 aliphatic carbocycles. The fourth-order valence-electron chi connectivity index (χ4n) is 1.89. The van der Waals surface area contributed by atoms with Crippen LogP contribution in [0.3, 0.4) is 0 Å². The van der Waals surface area contributed by atoms with Crippen molar-refractivity contribution in [3.05, 3.63) is 54.4 Å². The molecule has 0 unspecified atom stereocenters. The molecule has 0 N–H and O–H groups in total. The smallest absolute Gasteiger partial charge is 0.159 e. The Kier molecular flexibility index (Phi) is 2.53. The quantitative estimate of drug-likeness (QED) is 0.648. The van der Waals surface area contributed by atoms with Gasteiger partial charge >= 0.3 is 0 Å². The van der Waals surface area contributed by atoms with E-state index in [1.807, 2.05) is 42.6 Å². The summed E-state index contributed by atoms with van der Waals surface area (Å²) in [5.74, 6) is 0.407. The maximum Gasteiger partial charge on any atom is 0.159 e. The molecule has 2 heterocycles. The van der Waals surface area contributed by atoms with Gasteiger partial charge in [-0.1, -0.05) is 30.3 Å². The molecule has 0 aliphatic rings. The third kappa shape index (κ3) is 1.68. The van der Waals surface area contributed by atoms with E-state index in [0.29, 0.717) is 5.88 Å². The van der Waals surface area contributed by atoms with Crippen LogP contribution in [0.5, 0.6) is 0 Å². The van der Waals surface area contributed by atoms with Crippen molar-refractivity contribution in [1.29, 1.82) is 0 Å². The summed E-state index contributed by atoms with van der Waals surface area (Å²) in [5, 5.41) is 4.52. The van der Waals surface area contributed by atoms with Gasteiger partial charge in [0.25, 0.3) is 0 Å². The highest BCUT2D eigenvalue weighted by Gasteiger charge is 2.13. The van der Waals surface area contributed by atoms with Crippen LogP contribution in [0, 0.1) is 0 Å². The number of halogens is 1. The average molecular weight is 244 g/mol. The van der Waals surface area contributed by atoms with Crippen molar-refractivity contribution < 1.29 is 0 Å². The monoisotopic (exact) mass is 243 g/mol. The fourth-order valence-corrected chi connectivity index (χ4v) is 2.13. The minimum absolute atomic E-state index is 0.407. The molecule has 4 heteroatoms. The maximum absolute atomic E-state index is 6.01. The molecule has 0 atom stereocenters. The molecule has 3 rings (SSSR count). The molecule has 0 saturated heterocycles. The number of hydrogen-bond acceptors (Lipinski definition) is 2. The van der Waals surface area contributed by atoms with Gasteiger partial charge in [0.15, 0.2) is 5.65 Å². The van der Waals surface area contributed by atoms with Crippen molar-refractivity contribution in [3.8, 4) is 11.3 Å². The van der Waals surface area contributed by atoms with Gasteiger partial charge in [0.1, 0.15) is 0 Å². The zero-order valence-electron chi connectivity index (χ0n) is 9.05. The zero-order chi connectivity index (χ0) is 11.7. The predicted octanol–water partition coefficient (Wildman–Crippen LogP) is 3.14. The zero-order valence-corrected chi connectivity index (χ0v) is 9.80. The van der Waals surface area contributed by atoms with Gasteiger partial charge < -0.3 is 0 Å². The van der Waals surface area contributed by atoms with Gasteiger partial charge in [-0.2, -0.15) is 5.10 Å². The van der Waals surface area contributed by atoms with Gasteiger partial charge in [0.2, 0.25) is 0 Å². The Labute approximate surface area is 104 Å². The van der Waals surface area contributed by atoms with Crippen LogP contribution in [0.1, 0.15) is 5.56 Å². The van der Waals surface area contributed by atoms with Gasteiger partial charge in [0.05, 0.1) is 11.6 Å². The lowest BCUT2D eigenvalue weighted by Crippen LogP contribution is -1.87. The average Bonchev–Trinajstić information content (AvgIpc) is 2.78. The summed E-state index contributed by atoms with van der Waals surface area (Å²) in [4.78, 5) is 4.31. The van der Waals surface area contributed by atoms with Gasteiger partial charge in [-0.15, -0.1) is 11.6 Å². The van der Waals surface area contributed by atoms with Crippen LogP contribution in [-0.2, 0) is 5.88 Å². The minimum atomic E-state index is 0.407. The van der Waals surface area contributed by atoms with Gasteiger partial charge in [-0.3, -0.25) is 0 Å². The molecular weight excluding hydrogens is 234 g/mol. The molecule has 3 nitrogen and oxygen atoms in total. The first-order valence-electron chi connectivity index (χ1n) is 5.34. The number of aromatic nitrogens is 3. The Hall–Kier alpha value is -1.87. The third-order valence-electron chi connectivity index (χ3n) is 2.67. The van der Waals surface area contributed by atoms with E-state index < -0.39 is 0 Å². The van der Waals surface area contributed by atoms with Crippen LogP contribution in [0.4, 0.5) is 0 Å². The highest BCUT2D eigenvalue weighted by Crippen LogP contribution is 2.26. The SMILES string of the molecule is ClCc1c(-c2ccccc2)nn2cccnc12. The molecule has 0 fully saturated rings. The van der Waals surface area contributed by atoms with Crippen molar-refractivity contribution in [1.82, 2.24) is 14.6 Å². The number of benzene rings is 1. The van der Waals surface area contributed by atoms with Crippen LogP contribution in [0.25, 0.3) is 16.9 Å². The van der Waals surface area contributed by atoms with Gasteiger partial charge in [0, 0.05) is 23.5 Å². The first kappa shape index (κ1) is 10.3. The molecule has 0 saturated carbocycles. The van der Waals surface area contributed by atoms with Crippen molar-refractivity contribution in [3.63, 3.8) is 0 Å². The summed E-state index contributed by atoms with van der Waals surface area (Å²) in [5.41, 5.74) is 3.76. The molecule has 0 spiro atoms. The molecule has 0 bridgehead atoms. The Morgan fingerprint density at radius 2 is 1.94 bits per heavy atom. The summed E-state index contributed by atoms with van der Waals surface area (Å²) >= 11 is 6.01. The van der Waals surface area contributed by atoms with E-state index in [1.54, 1.807) is 10.7 Å². The van der Waals surface area contributed by atoms with Crippen molar-refractivity contribution in [2.24, 2.45) is 0 Å². The molecule has 0 amide bonds. The van der Waals surface area contributed by atoms with Crippen molar-refractivity contribution in [2.75, 3.05) is 0 Å². The van der Waals surface area contributed by atoms with Crippen LogP contribution < -0.4 is 0 Å². The van der Waals surface area contributed by atoms with Crippen LogP contribution in [0.2, 0.25) is 0 Å². The van der Waals surface area contributed by atoms with E-state index in [-0.39, 0.29) is 0 Å². The van der Waals surface area contributed by atoms with Crippen molar-refractivity contribution >= 4 is 17.2 Å². The molecule has 3 aromatic rings. The van der Waals surface area contributed by atoms with Gasteiger partial charge in [-0.25, -0.2) is 9.50 Å². The first-order chi connectivity index (χ1) is 8.40. The van der Waals surface area contributed by atoms with E-state index in [2.05, 4.69) is 10.1 Å². The second kappa shape index (κ2) is 4.18. The number of fused-ring (bicyclic) bond motifs is 1. The van der Waals surface area contributed by atoms with E-state index in [1.165, 1.54) is 0 Å². The lowest BCUT2D eigenvalue weighted by atomic mass is 10.1. The number of alkyl halides is 1. The summed E-state index contributed by atoms with van der Waals surface area (Å²) in [6.45, 7) is 0. The predicted molar refractivity (Wildman–Crippen MR) is 68.0 cm³/mol. The summed E-state index contributed by atoms with van der Waals surface area (Å²) in [7, 11) is 0. The maximum atomic E-state index is 6.01. The van der Waals surface area contributed by atoms with Gasteiger partial charge in [-0.05, 0) is 6.07 Å². The highest BCUT2D eigenvalue weighted by molar-refractivity contribution is 6.18. The summed E-state index contributed by atoms with van der Waals surface area (Å²) < 4.78 is 1.76. The number of hydrogen-bond donors (Lipinski definition) is 0. The summed E-state index contributed by atoms with van der Waals surface area (Å²) in [6, 6.07) is 11.9. The van der Waals surface area contributed by atoms with E-state index in [9.17, 15) is 0 Å². The molecule has 17 heavy (non-hydrogen) atoms. The molecular formula is C13H10ClN3. The molecule has 0 aliphatic heterocycles. The largest absolute Gasteiger partial charge is 0.237 e. The molecule has 1 aromatic carbocycles. The minimum Gasteiger partial charge on any atom is -0.237 e. The third-order valence-corrected chi connectivity index (χ3v) is 2.94. The van der Waals surface area contributed by atoms with E-state index in [0.717, 1.165) is 22.5 Å². The Bertz CT molecular complexity index is 646. The molecule has 84 valence electrons. The second-order valence-electron chi connectivity index (χ2n) is 3.71. The lowest BCUT2D eigenvalue weighted by molar-refractivity contribution is 0.943. The van der Waals surface area contributed by atoms with Crippen LogP contribution >= 0.6 is 11.6 Å². The molecule has 2 aromatic heterocycles. The Morgan fingerprint density at radius 1 is 1.12 bits per heavy atom. The van der Waals surface area contributed by atoms with E-state index >= 15 is 0 Å². The van der Waals surface area contributed by atoms with Crippen LogP contribution in [-0.4, -0.2) is 14.6 Å². The first-order valence-corrected chi connectivity index (χ1v) is 5.87. The number of rotatable bonds is 2. The fraction of sp³-hybridized carbons (Fsp3) is 0.0769. The topological polar surface area (TPSA) is 30.2 Å². The normalized spacial score (nSPS) is 10.9. The second-order valence-corrected chi connectivity index (χ2v) is 3.98. The van der Waals surface area contributed by atoms with Crippen molar-refractivity contribution in [2.45, 2.75) is 5.88 Å². The summed E-state index contributed by atoms with van der Waals surface area (Å²) in [6.07, 6.45) is 3.63. The highest BCUT2D eigenvalue weighted by atomic mass is 35.5. The standard InChI is InChI=1S/C13H10ClN3/c14-9-11-12(10-5-2-1-3-6-10)16-17-8-4-7-15-13(11)17/h1-8H,9H2.